The van der Waals surface area contributed by atoms with E-state index in [2.05, 4.69) is 36.9 Å². The fraction of sp³-hybridized carbons (Fsp3) is 0.625. The van der Waals surface area contributed by atoms with Crippen molar-refractivity contribution in [2.75, 3.05) is 25.5 Å². The lowest BCUT2D eigenvalue weighted by Crippen LogP contribution is -2.55. The first-order valence-corrected chi connectivity index (χ1v) is 7.80. The van der Waals surface area contributed by atoms with Crippen molar-refractivity contribution in [1.82, 2.24) is 4.90 Å². The molecule has 0 radical (unpaired) electrons. The standard InChI is InChI=1S/C16H22ClNO2/c1-16(2)11-18(10-14(8-17)20-16)9-13-7-12-5-3-4-6-15(12)19-13/h3-6,13-14H,7-11H2,1-2H3. The number of hydrogen-bond acceptors (Lipinski definition) is 3. The molecule has 110 valence electrons. The molecule has 20 heavy (non-hydrogen) atoms. The van der Waals surface area contributed by atoms with E-state index in [1.807, 2.05) is 6.07 Å². The molecule has 0 N–H and O–H groups in total. The zero-order chi connectivity index (χ0) is 14.2. The number of fused-ring (bicyclic) bond motifs is 1. The molecule has 3 nitrogen and oxygen atoms in total. The minimum atomic E-state index is -0.136. The summed E-state index contributed by atoms with van der Waals surface area (Å²) in [4.78, 5) is 2.42. The topological polar surface area (TPSA) is 21.7 Å². The minimum Gasteiger partial charge on any atom is -0.488 e. The molecule has 2 aliphatic rings. The summed E-state index contributed by atoms with van der Waals surface area (Å²) in [5.41, 5.74) is 1.18. The number of ether oxygens (including phenoxy) is 2. The second-order valence-electron chi connectivity index (χ2n) is 6.40. The first-order valence-electron chi connectivity index (χ1n) is 7.26. The third kappa shape index (κ3) is 3.11. The third-order valence-electron chi connectivity index (χ3n) is 3.90. The highest BCUT2D eigenvalue weighted by Gasteiger charge is 2.35. The predicted octanol–water partition coefficient (Wildman–Crippen LogP) is 2.71. The van der Waals surface area contributed by atoms with Gasteiger partial charge < -0.3 is 9.47 Å². The van der Waals surface area contributed by atoms with Gasteiger partial charge in [-0.25, -0.2) is 0 Å². The number of rotatable bonds is 3. The average Bonchev–Trinajstić information content (AvgIpc) is 2.78. The van der Waals surface area contributed by atoms with Crippen molar-refractivity contribution in [3.05, 3.63) is 29.8 Å². The van der Waals surface area contributed by atoms with Crippen LogP contribution in [0.15, 0.2) is 24.3 Å². The molecule has 2 unspecified atom stereocenters. The van der Waals surface area contributed by atoms with Gasteiger partial charge in [-0.2, -0.15) is 0 Å². The molecule has 1 fully saturated rings. The summed E-state index contributed by atoms with van der Waals surface area (Å²) in [6.45, 7) is 7.01. The predicted molar refractivity (Wildman–Crippen MR) is 80.7 cm³/mol. The smallest absolute Gasteiger partial charge is 0.123 e. The van der Waals surface area contributed by atoms with Gasteiger partial charge in [0, 0.05) is 31.9 Å². The molecule has 0 aliphatic carbocycles. The summed E-state index contributed by atoms with van der Waals surface area (Å²) in [6.07, 6.45) is 1.36. The molecular weight excluding hydrogens is 274 g/mol. The minimum absolute atomic E-state index is 0.115. The fourth-order valence-corrected chi connectivity index (χ4v) is 3.44. The molecule has 0 spiro atoms. The van der Waals surface area contributed by atoms with Crippen molar-refractivity contribution in [3.8, 4) is 5.75 Å². The number of benzene rings is 1. The number of halogens is 1. The number of para-hydroxylation sites is 1. The normalized spacial score (nSPS) is 28.9. The van der Waals surface area contributed by atoms with E-state index < -0.39 is 0 Å². The fourth-order valence-electron chi connectivity index (χ4n) is 3.28. The second-order valence-corrected chi connectivity index (χ2v) is 6.71. The largest absolute Gasteiger partial charge is 0.488 e. The highest BCUT2D eigenvalue weighted by molar-refractivity contribution is 6.18. The first-order chi connectivity index (χ1) is 9.55. The Labute approximate surface area is 125 Å². The van der Waals surface area contributed by atoms with E-state index in [-0.39, 0.29) is 17.8 Å². The van der Waals surface area contributed by atoms with E-state index in [0.717, 1.165) is 31.8 Å². The van der Waals surface area contributed by atoms with E-state index in [4.69, 9.17) is 21.1 Å². The summed E-state index contributed by atoms with van der Waals surface area (Å²) >= 11 is 5.98. The molecule has 0 bridgehead atoms. The molecule has 1 aromatic carbocycles. The maximum atomic E-state index is 6.03. The number of nitrogens with zero attached hydrogens (tertiary/aromatic N) is 1. The van der Waals surface area contributed by atoms with Gasteiger partial charge in [-0.05, 0) is 25.5 Å². The van der Waals surface area contributed by atoms with Gasteiger partial charge in [0.05, 0.1) is 11.7 Å². The van der Waals surface area contributed by atoms with Gasteiger partial charge in [0.2, 0.25) is 0 Å². The van der Waals surface area contributed by atoms with E-state index in [0.29, 0.717) is 5.88 Å². The van der Waals surface area contributed by atoms with Gasteiger partial charge in [0.15, 0.2) is 0 Å². The van der Waals surface area contributed by atoms with Crippen LogP contribution < -0.4 is 4.74 Å². The summed E-state index contributed by atoms with van der Waals surface area (Å²) in [5.74, 6) is 1.59. The van der Waals surface area contributed by atoms with Crippen molar-refractivity contribution in [1.29, 1.82) is 0 Å². The molecule has 2 heterocycles. The Kier molecular flexibility index (Phi) is 3.93. The van der Waals surface area contributed by atoms with Gasteiger partial charge in [-0.15, -0.1) is 11.6 Å². The van der Waals surface area contributed by atoms with Crippen LogP contribution in [0.1, 0.15) is 19.4 Å². The maximum Gasteiger partial charge on any atom is 0.123 e. The van der Waals surface area contributed by atoms with Crippen molar-refractivity contribution < 1.29 is 9.47 Å². The number of hydrogen-bond donors (Lipinski definition) is 0. The van der Waals surface area contributed by atoms with Crippen LogP contribution in [0.2, 0.25) is 0 Å². The lowest BCUT2D eigenvalue weighted by atomic mass is 10.0. The zero-order valence-corrected chi connectivity index (χ0v) is 12.9. The molecule has 1 aromatic rings. The monoisotopic (exact) mass is 295 g/mol. The Hall–Kier alpha value is -0.770. The molecule has 1 saturated heterocycles. The van der Waals surface area contributed by atoms with E-state index in [1.54, 1.807) is 0 Å². The van der Waals surface area contributed by atoms with E-state index >= 15 is 0 Å². The number of alkyl halides is 1. The van der Waals surface area contributed by atoms with Crippen LogP contribution in [0.3, 0.4) is 0 Å². The maximum absolute atomic E-state index is 6.03. The molecule has 3 rings (SSSR count). The zero-order valence-electron chi connectivity index (χ0n) is 12.1. The van der Waals surface area contributed by atoms with Gasteiger partial charge in [-0.3, -0.25) is 4.90 Å². The molecule has 4 heteroatoms. The van der Waals surface area contributed by atoms with E-state index in [9.17, 15) is 0 Å². The Morgan fingerprint density at radius 1 is 1.30 bits per heavy atom. The Morgan fingerprint density at radius 2 is 2.10 bits per heavy atom. The SMILES string of the molecule is CC1(C)CN(CC2Cc3ccccc3O2)CC(CCl)O1. The summed E-state index contributed by atoms with van der Waals surface area (Å²) < 4.78 is 12.0. The Balaban J connectivity index is 1.61. The lowest BCUT2D eigenvalue weighted by Gasteiger charge is -2.42. The molecule has 0 aromatic heterocycles. The summed E-state index contributed by atoms with van der Waals surface area (Å²) in [5, 5.41) is 0. The van der Waals surface area contributed by atoms with Crippen molar-refractivity contribution in [3.63, 3.8) is 0 Å². The quantitative estimate of drug-likeness (QED) is 0.800. The van der Waals surface area contributed by atoms with Crippen LogP contribution in [0.25, 0.3) is 0 Å². The first kappa shape index (κ1) is 14.2. The number of morpholine rings is 1. The molecular formula is C16H22ClNO2. The average molecular weight is 296 g/mol. The van der Waals surface area contributed by atoms with Crippen LogP contribution in [-0.4, -0.2) is 48.2 Å². The summed E-state index contributed by atoms with van der Waals surface area (Å²) in [7, 11) is 0. The van der Waals surface area contributed by atoms with Crippen LogP contribution in [0, 0.1) is 0 Å². The third-order valence-corrected chi connectivity index (χ3v) is 4.24. The summed E-state index contributed by atoms with van der Waals surface area (Å²) in [6, 6.07) is 8.31. The van der Waals surface area contributed by atoms with E-state index in [1.165, 1.54) is 5.56 Å². The Morgan fingerprint density at radius 3 is 2.85 bits per heavy atom. The van der Waals surface area contributed by atoms with Gasteiger partial charge in [0.25, 0.3) is 0 Å². The van der Waals surface area contributed by atoms with Crippen molar-refractivity contribution in [2.45, 2.75) is 38.1 Å². The van der Waals surface area contributed by atoms with Gasteiger partial charge in [0.1, 0.15) is 11.9 Å². The molecule has 0 amide bonds. The molecule has 2 atom stereocenters. The van der Waals surface area contributed by atoms with Crippen LogP contribution in [-0.2, 0) is 11.2 Å². The van der Waals surface area contributed by atoms with Crippen LogP contribution >= 0.6 is 11.6 Å². The second kappa shape index (κ2) is 5.55. The Bertz CT molecular complexity index is 452. The van der Waals surface area contributed by atoms with Gasteiger partial charge in [-0.1, -0.05) is 18.2 Å². The van der Waals surface area contributed by atoms with Crippen molar-refractivity contribution >= 4 is 11.6 Å². The highest BCUT2D eigenvalue weighted by atomic mass is 35.5. The molecule has 2 aliphatic heterocycles. The van der Waals surface area contributed by atoms with Gasteiger partial charge >= 0.3 is 0 Å². The molecule has 0 saturated carbocycles. The van der Waals surface area contributed by atoms with Crippen LogP contribution in [0.4, 0.5) is 0 Å². The lowest BCUT2D eigenvalue weighted by molar-refractivity contribution is -0.131. The highest BCUT2D eigenvalue weighted by Crippen LogP contribution is 2.29. The van der Waals surface area contributed by atoms with Crippen molar-refractivity contribution in [2.24, 2.45) is 0 Å². The van der Waals surface area contributed by atoms with Crippen LogP contribution in [0.5, 0.6) is 5.75 Å².